The largest absolute Gasteiger partial charge is 0.480 e. The third-order valence-electron chi connectivity index (χ3n) is 3.34. The van der Waals surface area contributed by atoms with E-state index in [-0.39, 0.29) is 12.3 Å². The standard InChI is InChI=1S/C14H15NO3/c1-2-15-9-8-12(16)14(10-15,13(17)18)11-6-4-3-5-7-11/h3-9H,2,10H2,1H3,(H,17,18). The molecule has 1 aliphatic rings. The van der Waals surface area contributed by atoms with Gasteiger partial charge in [-0.15, -0.1) is 0 Å². The first kappa shape index (κ1) is 12.4. The number of likely N-dealkylation sites (N-methyl/N-ethyl adjacent to an activating group) is 1. The van der Waals surface area contributed by atoms with E-state index in [1.807, 2.05) is 11.8 Å². The lowest BCUT2D eigenvalue weighted by atomic mass is 9.74. The minimum Gasteiger partial charge on any atom is -0.480 e. The molecule has 1 heterocycles. The van der Waals surface area contributed by atoms with Crippen LogP contribution in [0, 0.1) is 0 Å². The maximum atomic E-state index is 12.1. The van der Waals surface area contributed by atoms with Gasteiger partial charge in [-0.2, -0.15) is 0 Å². The molecule has 0 saturated heterocycles. The molecular weight excluding hydrogens is 230 g/mol. The van der Waals surface area contributed by atoms with Gasteiger partial charge >= 0.3 is 5.97 Å². The first-order valence-electron chi connectivity index (χ1n) is 5.87. The second kappa shape index (κ2) is 4.64. The zero-order valence-electron chi connectivity index (χ0n) is 10.2. The van der Waals surface area contributed by atoms with E-state index in [4.69, 9.17) is 0 Å². The number of hydrogen-bond acceptors (Lipinski definition) is 3. The molecule has 94 valence electrons. The molecule has 4 nitrogen and oxygen atoms in total. The van der Waals surface area contributed by atoms with Crippen LogP contribution < -0.4 is 0 Å². The minimum absolute atomic E-state index is 0.179. The van der Waals surface area contributed by atoms with E-state index >= 15 is 0 Å². The van der Waals surface area contributed by atoms with Crippen LogP contribution in [0.5, 0.6) is 0 Å². The van der Waals surface area contributed by atoms with Gasteiger partial charge in [0.2, 0.25) is 0 Å². The highest BCUT2D eigenvalue weighted by molar-refractivity contribution is 6.14. The summed E-state index contributed by atoms with van der Waals surface area (Å²) in [6.45, 7) is 2.78. The quantitative estimate of drug-likeness (QED) is 0.818. The lowest BCUT2D eigenvalue weighted by Gasteiger charge is -2.35. The van der Waals surface area contributed by atoms with Crippen molar-refractivity contribution < 1.29 is 14.7 Å². The Morgan fingerprint density at radius 2 is 2.06 bits per heavy atom. The average Bonchev–Trinajstić information content (AvgIpc) is 2.40. The van der Waals surface area contributed by atoms with Crippen LogP contribution in [0.1, 0.15) is 12.5 Å². The Bertz CT molecular complexity index is 495. The fourth-order valence-electron chi connectivity index (χ4n) is 2.22. The van der Waals surface area contributed by atoms with E-state index in [1.54, 1.807) is 36.5 Å². The molecule has 0 saturated carbocycles. The number of aliphatic carboxylic acids is 1. The molecule has 0 aliphatic carbocycles. The number of allylic oxidation sites excluding steroid dienone is 1. The van der Waals surface area contributed by atoms with Crippen molar-refractivity contribution in [1.29, 1.82) is 0 Å². The topological polar surface area (TPSA) is 57.6 Å². The van der Waals surface area contributed by atoms with Crippen LogP contribution in [0.2, 0.25) is 0 Å². The summed E-state index contributed by atoms with van der Waals surface area (Å²) in [5.74, 6) is -1.47. The monoisotopic (exact) mass is 245 g/mol. The van der Waals surface area contributed by atoms with Gasteiger partial charge in [0, 0.05) is 19.3 Å². The van der Waals surface area contributed by atoms with Crippen LogP contribution in [-0.2, 0) is 15.0 Å². The number of carboxylic acids is 1. The van der Waals surface area contributed by atoms with Crippen molar-refractivity contribution in [3.63, 3.8) is 0 Å². The molecule has 1 unspecified atom stereocenters. The highest BCUT2D eigenvalue weighted by Crippen LogP contribution is 2.30. The fourth-order valence-corrected chi connectivity index (χ4v) is 2.22. The second-order valence-electron chi connectivity index (χ2n) is 4.32. The van der Waals surface area contributed by atoms with Gasteiger partial charge in [-0.05, 0) is 18.6 Å². The molecule has 1 aliphatic heterocycles. The molecule has 0 amide bonds. The van der Waals surface area contributed by atoms with Crippen LogP contribution in [-0.4, -0.2) is 34.8 Å². The highest BCUT2D eigenvalue weighted by Gasteiger charge is 2.48. The maximum Gasteiger partial charge on any atom is 0.323 e. The van der Waals surface area contributed by atoms with Crippen molar-refractivity contribution in [2.24, 2.45) is 0 Å². The Hall–Kier alpha value is -2.10. The van der Waals surface area contributed by atoms with Crippen molar-refractivity contribution in [2.45, 2.75) is 12.3 Å². The van der Waals surface area contributed by atoms with Gasteiger partial charge in [0.1, 0.15) is 0 Å². The van der Waals surface area contributed by atoms with E-state index in [2.05, 4.69) is 0 Å². The number of ketones is 1. The molecule has 1 aromatic rings. The van der Waals surface area contributed by atoms with Crippen LogP contribution >= 0.6 is 0 Å². The smallest absolute Gasteiger partial charge is 0.323 e. The number of rotatable bonds is 3. The van der Waals surface area contributed by atoms with Gasteiger partial charge in [-0.25, -0.2) is 0 Å². The van der Waals surface area contributed by atoms with Crippen molar-refractivity contribution in [3.05, 3.63) is 48.2 Å². The van der Waals surface area contributed by atoms with Gasteiger partial charge in [-0.1, -0.05) is 30.3 Å². The third kappa shape index (κ3) is 1.79. The number of carbonyl (C=O) groups excluding carboxylic acids is 1. The lowest BCUT2D eigenvalue weighted by Crippen LogP contribution is -2.53. The minimum atomic E-state index is -1.48. The summed E-state index contributed by atoms with van der Waals surface area (Å²) in [7, 11) is 0. The van der Waals surface area contributed by atoms with E-state index in [9.17, 15) is 14.7 Å². The van der Waals surface area contributed by atoms with Gasteiger partial charge in [0.25, 0.3) is 0 Å². The summed E-state index contributed by atoms with van der Waals surface area (Å²) >= 11 is 0. The molecule has 1 aromatic carbocycles. The summed E-state index contributed by atoms with van der Waals surface area (Å²) in [5.41, 5.74) is -0.947. The van der Waals surface area contributed by atoms with Gasteiger partial charge in [-0.3, -0.25) is 9.59 Å². The third-order valence-corrected chi connectivity index (χ3v) is 3.34. The Balaban J connectivity index is 2.55. The molecule has 18 heavy (non-hydrogen) atoms. The molecule has 4 heteroatoms. The summed E-state index contributed by atoms with van der Waals surface area (Å²) in [4.78, 5) is 25.6. The second-order valence-corrected chi connectivity index (χ2v) is 4.32. The molecule has 0 fully saturated rings. The maximum absolute atomic E-state index is 12.1. The van der Waals surface area contributed by atoms with E-state index < -0.39 is 11.4 Å². The van der Waals surface area contributed by atoms with E-state index in [0.717, 1.165) is 0 Å². The Kier molecular flexibility index (Phi) is 3.19. The SMILES string of the molecule is CCN1C=CC(=O)C(C(=O)O)(c2ccccc2)C1. The Labute approximate surface area is 106 Å². The predicted molar refractivity (Wildman–Crippen MR) is 67.1 cm³/mol. The van der Waals surface area contributed by atoms with Crippen molar-refractivity contribution in [3.8, 4) is 0 Å². The normalized spacial score (nSPS) is 23.2. The lowest BCUT2D eigenvalue weighted by molar-refractivity contribution is -0.148. The van der Waals surface area contributed by atoms with Gasteiger partial charge in [0.05, 0.1) is 0 Å². The van der Waals surface area contributed by atoms with Crippen molar-refractivity contribution in [1.82, 2.24) is 4.90 Å². The number of carbonyl (C=O) groups is 2. The van der Waals surface area contributed by atoms with Crippen molar-refractivity contribution in [2.75, 3.05) is 13.1 Å². The van der Waals surface area contributed by atoms with Gasteiger partial charge in [0.15, 0.2) is 11.2 Å². The highest BCUT2D eigenvalue weighted by atomic mass is 16.4. The molecule has 2 rings (SSSR count). The number of nitrogens with zero attached hydrogens (tertiary/aromatic N) is 1. The van der Waals surface area contributed by atoms with Crippen LogP contribution in [0.15, 0.2) is 42.6 Å². The molecule has 0 spiro atoms. The Morgan fingerprint density at radius 1 is 1.39 bits per heavy atom. The van der Waals surface area contributed by atoms with Crippen LogP contribution in [0.3, 0.4) is 0 Å². The predicted octanol–water partition coefficient (Wildman–Crippen LogP) is 1.43. The molecular formula is C14H15NO3. The summed E-state index contributed by atoms with van der Waals surface area (Å²) in [5, 5.41) is 9.54. The average molecular weight is 245 g/mol. The zero-order valence-corrected chi connectivity index (χ0v) is 10.2. The molecule has 1 atom stereocenters. The number of benzene rings is 1. The molecule has 0 aromatic heterocycles. The zero-order chi connectivity index (χ0) is 13.2. The molecule has 1 N–H and O–H groups in total. The van der Waals surface area contributed by atoms with Crippen LogP contribution in [0.25, 0.3) is 0 Å². The molecule has 0 radical (unpaired) electrons. The summed E-state index contributed by atoms with van der Waals surface area (Å²) < 4.78 is 0. The number of hydrogen-bond donors (Lipinski definition) is 1. The van der Waals surface area contributed by atoms with E-state index in [1.165, 1.54) is 6.08 Å². The summed E-state index contributed by atoms with van der Waals surface area (Å²) in [6.07, 6.45) is 3.01. The Morgan fingerprint density at radius 3 is 2.61 bits per heavy atom. The van der Waals surface area contributed by atoms with Crippen molar-refractivity contribution >= 4 is 11.8 Å². The van der Waals surface area contributed by atoms with Crippen LogP contribution in [0.4, 0.5) is 0 Å². The summed E-state index contributed by atoms with van der Waals surface area (Å²) in [6, 6.07) is 8.70. The number of carboxylic acid groups (broad SMARTS) is 1. The van der Waals surface area contributed by atoms with E-state index in [0.29, 0.717) is 12.1 Å². The molecule has 0 bridgehead atoms. The first-order chi connectivity index (χ1) is 8.61. The first-order valence-corrected chi connectivity index (χ1v) is 5.87. The van der Waals surface area contributed by atoms with Gasteiger partial charge < -0.3 is 10.0 Å². The fraction of sp³-hybridized carbons (Fsp3) is 0.286.